The van der Waals surface area contributed by atoms with Gasteiger partial charge in [-0.2, -0.15) is 11.8 Å². The number of benzene rings is 2. The summed E-state index contributed by atoms with van der Waals surface area (Å²) in [7, 11) is -3.92. The van der Waals surface area contributed by atoms with Crippen LogP contribution in [-0.4, -0.2) is 31.1 Å². The van der Waals surface area contributed by atoms with Gasteiger partial charge in [0.2, 0.25) is 10.0 Å². The van der Waals surface area contributed by atoms with E-state index in [0.717, 1.165) is 12.8 Å². The zero-order chi connectivity index (χ0) is 19.8. The highest BCUT2D eigenvalue weighted by atomic mass is 79.9. The van der Waals surface area contributed by atoms with Crippen LogP contribution in [0.1, 0.15) is 12.8 Å². The van der Waals surface area contributed by atoms with Gasteiger partial charge in [-0.25, -0.2) is 13.1 Å². The summed E-state index contributed by atoms with van der Waals surface area (Å²) in [5.74, 6) is 0.703. The molecule has 1 aliphatic carbocycles. The molecule has 27 heavy (non-hydrogen) atoms. The highest BCUT2D eigenvalue weighted by Gasteiger charge is 2.46. The Balaban J connectivity index is 1.91. The van der Waals surface area contributed by atoms with E-state index < -0.39 is 15.6 Å². The van der Waals surface area contributed by atoms with Crippen LogP contribution in [0.2, 0.25) is 10.0 Å². The zero-order valence-electron chi connectivity index (χ0n) is 14.1. The third-order valence-corrected chi connectivity index (χ3v) is 7.50. The first-order valence-corrected chi connectivity index (χ1v) is 12.3. The van der Waals surface area contributed by atoms with Crippen LogP contribution in [-0.2, 0) is 10.0 Å². The number of nitrogens with one attached hydrogen (secondary N) is 1. The molecule has 0 heterocycles. The van der Waals surface area contributed by atoms with Crippen LogP contribution in [0, 0.1) is 0 Å². The van der Waals surface area contributed by atoms with Gasteiger partial charge in [0, 0.05) is 21.8 Å². The fourth-order valence-electron chi connectivity index (χ4n) is 2.56. The molecule has 0 bridgehead atoms. The zero-order valence-corrected chi connectivity index (χ0v) is 18.9. The number of hydrogen-bond acceptors (Lipinski definition) is 5. The third-order valence-electron chi connectivity index (χ3n) is 4.03. The Bertz CT molecular complexity index is 958. The second-order valence-electron chi connectivity index (χ2n) is 6.25. The van der Waals surface area contributed by atoms with Gasteiger partial charge in [-0.3, -0.25) is 0 Å². The average molecular weight is 513 g/mol. The first-order valence-electron chi connectivity index (χ1n) is 7.84. The molecule has 1 fully saturated rings. The molecule has 0 amide bonds. The van der Waals surface area contributed by atoms with Crippen LogP contribution >= 0.6 is 50.9 Å². The summed E-state index contributed by atoms with van der Waals surface area (Å²) in [6.07, 6.45) is 3.47. The van der Waals surface area contributed by atoms with Crippen molar-refractivity contribution < 1.29 is 18.3 Å². The number of rotatable bonds is 7. The summed E-state index contributed by atoms with van der Waals surface area (Å²) in [5.41, 5.74) is -0.445. The Labute approximate surface area is 180 Å². The minimum Gasteiger partial charge on any atom is -0.507 e. The minimum absolute atomic E-state index is 0.189. The Morgan fingerprint density at radius 3 is 2.44 bits per heavy atom. The maximum absolute atomic E-state index is 12.8. The predicted octanol–water partition coefficient (Wildman–Crippen LogP) is 5.43. The second-order valence-corrected chi connectivity index (χ2v) is 10.5. The predicted molar refractivity (Wildman–Crippen MR) is 113 cm³/mol. The lowest BCUT2D eigenvalue weighted by atomic mass is 10.3. The van der Waals surface area contributed by atoms with Crippen molar-refractivity contribution in [3.63, 3.8) is 0 Å². The quantitative estimate of drug-likeness (QED) is 0.517. The summed E-state index contributed by atoms with van der Waals surface area (Å²) in [4.78, 5) is -0.253. The van der Waals surface area contributed by atoms with Gasteiger partial charge < -0.3 is 9.84 Å². The van der Waals surface area contributed by atoms with E-state index in [2.05, 4.69) is 20.7 Å². The number of phenolic OH excluding ortho intramolecular Hbond substituents is 1. The minimum atomic E-state index is -3.92. The van der Waals surface area contributed by atoms with Crippen LogP contribution < -0.4 is 9.46 Å². The molecule has 0 atom stereocenters. The molecule has 10 heteroatoms. The summed E-state index contributed by atoms with van der Waals surface area (Å²) < 4.78 is 34.6. The maximum Gasteiger partial charge on any atom is 0.244 e. The van der Waals surface area contributed by atoms with Crippen LogP contribution in [0.5, 0.6) is 17.2 Å². The topological polar surface area (TPSA) is 75.6 Å². The molecule has 0 saturated heterocycles. The number of phenols is 1. The molecule has 146 valence electrons. The van der Waals surface area contributed by atoms with E-state index in [9.17, 15) is 13.5 Å². The van der Waals surface area contributed by atoms with Crippen molar-refractivity contribution in [2.75, 3.05) is 12.0 Å². The molecule has 2 N–H and O–H groups in total. The third kappa shape index (κ3) is 4.86. The average Bonchev–Trinajstić information content (AvgIpc) is 3.30. The molecule has 5 nitrogen and oxygen atoms in total. The Hall–Kier alpha value is -0.640. The normalized spacial score (nSPS) is 15.6. The van der Waals surface area contributed by atoms with Crippen LogP contribution in [0.25, 0.3) is 0 Å². The smallest absolute Gasteiger partial charge is 0.244 e. The summed E-state index contributed by atoms with van der Waals surface area (Å²) >= 11 is 17.2. The standard InChI is InChI=1S/C17H16BrCl2NO4S2/c1-26-9-17(4-5-17)21-27(23,24)15-8-11(2-3-14(15)22)25-16-12(19)6-10(18)7-13(16)20/h2-3,6-8,21-22H,4-5,9H2,1H3. The van der Waals surface area contributed by atoms with Gasteiger partial charge in [0.25, 0.3) is 0 Å². The number of hydrogen-bond donors (Lipinski definition) is 2. The van der Waals surface area contributed by atoms with Crippen molar-refractivity contribution >= 4 is 60.9 Å². The van der Waals surface area contributed by atoms with E-state index in [4.69, 9.17) is 27.9 Å². The molecule has 2 aromatic rings. The van der Waals surface area contributed by atoms with Crippen molar-refractivity contribution in [3.8, 4) is 17.2 Å². The Morgan fingerprint density at radius 2 is 1.89 bits per heavy atom. The van der Waals surface area contributed by atoms with E-state index in [1.165, 1.54) is 18.2 Å². The van der Waals surface area contributed by atoms with Gasteiger partial charge in [0.1, 0.15) is 16.4 Å². The van der Waals surface area contributed by atoms with Gasteiger partial charge >= 0.3 is 0 Å². The second kappa shape index (κ2) is 8.00. The maximum atomic E-state index is 12.8. The number of ether oxygens (including phenoxy) is 1. The van der Waals surface area contributed by atoms with Gasteiger partial charge in [-0.15, -0.1) is 0 Å². The number of sulfonamides is 1. The molecular weight excluding hydrogens is 497 g/mol. The summed E-state index contributed by atoms with van der Waals surface area (Å²) in [5, 5.41) is 10.6. The molecule has 0 unspecified atom stereocenters. The van der Waals surface area contributed by atoms with E-state index in [1.807, 2.05) is 6.26 Å². The van der Waals surface area contributed by atoms with Gasteiger partial charge in [0.05, 0.1) is 10.0 Å². The largest absolute Gasteiger partial charge is 0.507 e. The molecule has 3 rings (SSSR count). The molecule has 1 aliphatic rings. The molecule has 2 aromatic carbocycles. The monoisotopic (exact) mass is 511 g/mol. The first-order chi connectivity index (χ1) is 12.7. The fraction of sp³-hybridized carbons (Fsp3) is 0.294. The highest BCUT2D eigenvalue weighted by Crippen LogP contribution is 2.42. The van der Waals surface area contributed by atoms with Gasteiger partial charge in [0.15, 0.2) is 5.75 Å². The molecule has 0 radical (unpaired) electrons. The van der Waals surface area contributed by atoms with Crippen molar-refractivity contribution in [3.05, 3.63) is 44.8 Å². The van der Waals surface area contributed by atoms with Crippen molar-refractivity contribution in [1.82, 2.24) is 4.72 Å². The highest BCUT2D eigenvalue weighted by molar-refractivity contribution is 9.10. The molecule has 1 saturated carbocycles. The van der Waals surface area contributed by atoms with Crippen LogP contribution in [0.4, 0.5) is 0 Å². The van der Waals surface area contributed by atoms with Crippen molar-refractivity contribution in [2.45, 2.75) is 23.3 Å². The first kappa shape index (κ1) is 21.1. The molecule has 0 aromatic heterocycles. The van der Waals surface area contributed by atoms with Crippen molar-refractivity contribution in [2.24, 2.45) is 0 Å². The van der Waals surface area contributed by atoms with Crippen LogP contribution in [0.15, 0.2) is 39.7 Å². The number of halogens is 3. The SMILES string of the molecule is CSCC1(NS(=O)(=O)c2cc(Oc3c(Cl)cc(Br)cc3Cl)ccc2O)CC1. The number of thioether (sulfide) groups is 1. The lowest BCUT2D eigenvalue weighted by Gasteiger charge is -2.17. The fourth-order valence-corrected chi connectivity index (χ4v) is 6.42. The Kier molecular flexibility index (Phi) is 6.25. The number of aromatic hydroxyl groups is 1. The van der Waals surface area contributed by atoms with Crippen LogP contribution in [0.3, 0.4) is 0 Å². The molecule has 0 spiro atoms. The van der Waals surface area contributed by atoms with E-state index in [1.54, 1.807) is 23.9 Å². The summed E-state index contributed by atoms with van der Waals surface area (Å²) in [6.45, 7) is 0. The van der Waals surface area contributed by atoms with E-state index in [0.29, 0.717) is 10.2 Å². The Morgan fingerprint density at radius 1 is 1.26 bits per heavy atom. The lowest BCUT2D eigenvalue weighted by Crippen LogP contribution is -2.38. The van der Waals surface area contributed by atoms with Crippen molar-refractivity contribution in [1.29, 1.82) is 0 Å². The van der Waals surface area contributed by atoms with E-state index in [-0.39, 0.29) is 32.2 Å². The molecular formula is C17H16BrCl2NO4S2. The molecule has 0 aliphatic heterocycles. The summed E-state index contributed by atoms with van der Waals surface area (Å²) in [6, 6.07) is 7.18. The lowest BCUT2D eigenvalue weighted by molar-refractivity contribution is 0.447. The van der Waals surface area contributed by atoms with Gasteiger partial charge in [-0.1, -0.05) is 39.1 Å². The van der Waals surface area contributed by atoms with Gasteiger partial charge in [-0.05, 0) is 43.4 Å². The van der Waals surface area contributed by atoms with E-state index >= 15 is 0 Å².